The number of carbonyl (C=O) groups excluding carboxylic acids is 2. The first-order valence-corrected chi connectivity index (χ1v) is 13.6. The van der Waals surface area contributed by atoms with Gasteiger partial charge >= 0.3 is 7.12 Å². The van der Waals surface area contributed by atoms with E-state index in [0.29, 0.717) is 24.3 Å². The summed E-state index contributed by atoms with van der Waals surface area (Å²) in [4.78, 5) is 28.4. The maximum absolute atomic E-state index is 13.8. The van der Waals surface area contributed by atoms with Gasteiger partial charge in [-0.2, -0.15) is 0 Å². The van der Waals surface area contributed by atoms with Crippen molar-refractivity contribution in [2.75, 3.05) is 11.5 Å². The molecule has 2 amide bonds. The molecule has 0 radical (unpaired) electrons. The maximum atomic E-state index is 13.8. The van der Waals surface area contributed by atoms with Crippen LogP contribution in [0.1, 0.15) is 51.5 Å². The molecule has 4 atom stereocenters. The van der Waals surface area contributed by atoms with Gasteiger partial charge < -0.3 is 19.9 Å². The zero-order valence-corrected chi connectivity index (χ0v) is 22.1. The zero-order valence-electron chi connectivity index (χ0n) is 22.1. The number of hydrogen-bond donors (Lipinski definition) is 3. The van der Waals surface area contributed by atoms with Crippen LogP contribution in [-0.4, -0.2) is 46.8 Å². The average molecular weight is 533 g/mol. The quantitative estimate of drug-likeness (QED) is 0.271. The molecule has 0 unspecified atom stereocenters. The van der Waals surface area contributed by atoms with Gasteiger partial charge in [-0.05, 0) is 73.0 Å². The normalized spacial score (nSPS) is 24.8. The topological polar surface area (TPSA) is 107 Å². The number of aromatic hydroxyl groups is 1. The van der Waals surface area contributed by atoms with Gasteiger partial charge in [0.25, 0.3) is 0 Å². The molecule has 9 heteroatoms. The molecule has 1 aliphatic carbocycles. The predicted molar refractivity (Wildman–Crippen MR) is 146 cm³/mol. The highest BCUT2D eigenvalue weighted by Crippen LogP contribution is 2.51. The Morgan fingerprint density at radius 1 is 1.13 bits per heavy atom. The molecule has 0 saturated carbocycles. The summed E-state index contributed by atoms with van der Waals surface area (Å²) in [6.45, 7) is 4.49. The lowest BCUT2D eigenvalue weighted by molar-refractivity contribution is -0.122. The fourth-order valence-electron chi connectivity index (χ4n) is 6.41. The Hall–Kier alpha value is -3.27. The molecule has 2 aliphatic heterocycles. The number of phenolic OH excluding ortho intramolecular Hbond substituents is 1. The van der Waals surface area contributed by atoms with Crippen molar-refractivity contribution >= 4 is 36.2 Å². The first-order chi connectivity index (χ1) is 18.7. The molecule has 3 N–H and O–H groups in total. The minimum atomic E-state index is -1.70. The maximum Gasteiger partial charge on any atom is 0.488 e. The number of hydrogen-bond acceptors (Lipinski definition) is 6. The van der Waals surface area contributed by atoms with Gasteiger partial charge in [0.05, 0.1) is 30.2 Å². The number of carbonyl (C=O) groups is 2. The molecule has 2 aromatic carbocycles. The van der Waals surface area contributed by atoms with E-state index < -0.39 is 24.8 Å². The van der Waals surface area contributed by atoms with Gasteiger partial charge in [0.15, 0.2) is 11.6 Å². The van der Waals surface area contributed by atoms with Crippen molar-refractivity contribution in [1.82, 2.24) is 0 Å². The number of ether oxygens (including phenoxy) is 1. The fourth-order valence-corrected chi connectivity index (χ4v) is 6.41. The highest BCUT2D eigenvalue weighted by Gasteiger charge is 2.57. The molecule has 2 saturated heterocycles. The van der Waals surface area contributed by atoms with E-state index in [-0.39, 0.29) is 35.0 Å². The minimum absolute atomic E-state index is 0.151. The standard InChI is InChI=1S/C30H33BFNO6/c1-3-17(12-18-8-10-25(34)24(32)13-18)9-11-26-27-19(4-2)14-22-28(23(27)16-39-26)30(36)33(29(22)35)21-7-5-6-20(15-21)31(37)38/h5-8,10,12-13,15,22-23,26,28,34,37-38H,3-4,9,11,14,16H2,1-2H3/b17-12+/t22-,23+,26-,28-/m1/s1. The Morgan fingerprint density at radius 3 is 2.62 bits per heavy atom. The molecule has 2 fully saturated rings. The summed E-state index contributed by atoms with van der Waals surface area (Å²) in [7, 11) is -1.70. The Labute approximate surface area is 227 Å². The van der Waals surface area contributed by atoms with Gasteiger partial charge in [0, 0.05) is 5.92 Å². The summed E-state index contributed by atoms with van der Waals surface area (Å²) in [5.41, 5.74) is 4.71. The van der Waals surface area contributed by atoms with E-state index in [1.807, 2.05) is 13.0 Å². The first-order valence-electron chi connectivity index (χ1n) is 13.6. The lowest BCUT2D eigenvalue weighted by Gasteiger charge is -2.31. The molecular formula is C30H33BFNO6. The number of phenols is 1. The fraction of sp³-hybridized carbons (Fsp3) is 0.400. The largest absolute Gasteiger partial charge is 0.505 e. The van der Waals surface area contributed by atoms with Gasteiger partial charge in [-0.1, -0.05) is 49.3 Å². The van der Waals surface area contributed by atoms with E-state index in [2.05, 4.69) is 6.92 Å². The monoisotopic (exact) mass is 533 g/mol. The lowest BCUT2D eigenvalue weighted by atomic mass is 9.69. The minimum Gasteiger partial charge on any atom is -0.505 e. The van der Waals surface area contributed by atoms with Gasteiger partial charge in [-0.25, -0.2) is 4.39 Å². The highest BCUT2D eigenvalue weighted by atomic mass is 19.1. The number of allylic oxidation sites excluding steroid dienone is 2. The third-order valence-electron chi connectivity index (χ3n) is 8.39. The van der Waals surface area contributed by atoms with Crippen LogP contribution in [0.3, 0.4) is 0 Å². The smallest absolute Gasteiger partial charge is 0.488 e. The van der Waals surface area contributed by atoms with E-state index in [9.17, 15) is 29.1 Å². The number of fused-ring (bicyclic) bond motifs is 3. The van der Waals surface area contributed by atoms with Crippen molar-refractivity contribution in [3.05, 3.63) is 70.6 Å². The molecule has 0 aromatic heterocycles. The van der Waals surface area contributed by atoms with Crippen molar-refractivity contribution in [3.63, 3.8) is 0 Å². The van der Waals surface area contributed by atoms with E-state index in [1.165, 1.54) is 34.7 Å². The van der Waals surface area contributed by atoms with Gasteiger partial charge in [0.1, 0.15) is 0 Å². The Bertz CT molecular complexity index is 1350. The van der Waals surface area contributed by atoms with Crippen molar-refractivity contribution in [3.8, 4) is 5.75 Å². The van der Waals surface area contributed by atoms with Gasteiger partial charge in [0.2, 0.25) is 11.8 Å². The van der Waals surface area contributed by atoms with E-state index >= 15 is 0 Å². The number of halogens is 1. The third-order valence-corrected chi connectivity index (χ3v) is 8.39. The second kappa shape index (κ2) is 11.1. The summed E-state index contributed by atoms with van der Waals surface area (Å²) in [6.07, 6.45) is 5.31. The van der Waals surface area contributed by atoms with Crippen LogP contribution in [-0.2, 0) is 14.3 Å². The third kappa shape index (κ3) is 5.06. The second-order valence-electron chi connectivity index (χ2n) is 10.6. The molecular weight excluding hydrogens is 500 g/mol. The Morgan fingerprint density at radius 2 is 1.92 bits per heavy atom. The molecule has 39 heavy (non-hydrogen) atoms. The number of amides is 2. The van der Waals surface area contributed by atoms with Crippen molar-refractivity contribution in [2.45, 2.75) is 52.1 Å². The lowest BCUT2D eigenvalue weighted by Crippen LogP contribution is -2.35. The van der Waals surface area contributed by atoms with Crippen molar-refractivity contribution in [2.24, 2.45) is 17.8 Å². The molecule has 0 bridgehead atoms. The van der Waals surface area contributed by atoms with Crippen LogP contribution in [0, 0.1) is 23.6 Å². The van der Waals surface area contributed by atoms with Crippen LogP contribution < -0.4 is 10.4 Å². The summed E-state index contributed by atoms with van der Waals surface area (Å²) >= 11 is 0. The molecule has 2 heterocycles. The number of anilines is 1. The summed E-state index contributed by atoms with van der Waals surface area (Å²) in [6, 6.07) is 10.6. The van der Waals surface area contributed by atoms with Crippen LogP contribution in [0.2, 0.25) is 0 Å². The first kappa shape index (κ1) is 27.3. The number of imide groups is 1. The van der Waals surface area contributed by atoms with E-state index in [1.54, 1.807) is 18.2 Å². The van der Waals surface area contributed by atoms with Crippen LogP contribution in [0.15, 0.2) is 59.2 Å². The van der Waals surface area contributed by atoms with Crippen LogP contribution in [0.4, 0.5) is 10.1 Å². The Balaban J connectivity index is 1.36. The molecule has 3 aliphatic rings. The predicted octanol–water partition coefficient (Wildman–Crippen LogP) is 3.72. The highest BCUT2D eigenvalue weighted by molar-refractivity contribution is 6.58. The van der Waals surface area contributed by atoms with Crippen molar-refractivity contribution < 1.29 is 33.9 Å². The van der Waals surface area contributed by atoms with Gasteiger partial charge in [-0.15, -0.1) is 0 Å². The van der Waals surface area contributed by atoms with Crippen molar-refractivity contribution in [1.29, 1.82) is 0 Å². The van der Waals surface area contributed by atoms with Crippen LogP contribution in [0.25, 0.3) is 6.08 Å². The van der Waals surface area contributed by atoms with E-state index in [0.717, 1.165) is 36.8 Å². The molecule has 0 spiro atoms. The summed E-state index contributed by atoms with van der Waals surface area (Å²) < 4.78 is 20.1. The molecule has 204 valence electrons. The molecule has 5 rings (SSSR count). The number of benzene rings is 2. The number of nitrogens with zero attached hydrogens (tertiary/aromatic N) is 1. The van der Waals surface area contributed by atoms with Crippen LogP contribution in [0.5, 0.6) is 5.75 Å². The second-order valence-corrected chi connectivity index (χ2v) is 10.6. The summed E-state index contributed by atoms with van der Waals surface area (Å²) in [5, 5.41) is 28.6. The number of rotatable bonds is 8. The molecule has 7 nitrogen and oxygen atoms in total. The summed E-state index contributed by atoms with van der Waals surface area (Å²) in [5.74, 6) is -2.67. The SMILES string of the molecule is CCC1=C2[C@@H](CC/C(=C/c3ccc(O)c(F)c3)CC)OC[C@@H]2[C@@H]2C(=O)N(c3cccc(B(O)O)c3)C(=O)[C@@H]2C1. The van der Waals surface area contributed by atoms with Gasteiger partial charge in [-0.3, -0.25) is 14.5 Å². The van der Waals surface area contributed by atoms with Crippen LogP contribution >= 0.6 is 0 Å². The molecule has 2 aromatic rings. The van der Waals surface area contributed by atoms with E-state index in [4.69, 9.17) is 4.74 Å². The average Bonchev–Trinajstić information content (AvgIpc) is 3.46. The zero-order chi connectivity index (χ0) is 27.8. The Kier molecular flexibility index (Phi) is 7.76.